The van der Waals surface area contributed by atoms with Crippen molar-refractivity contribution in [2.45, 2.75) is 0 Å². The lowest BCUT2D eigenvalue weighted by molar-refractivity contribution is -0.742. The van der Waals surface area contributed by atoms with E-state index in [2.05, 4.69) is 0 Å². The van der Waals surface area contributed by atoms with Crippen molar-refractivity contribution in [3.63, 3.8) is 0 Å². The lowest BCUT2D eigenvalue weighted by Gasteiger charge is -1.94. The molecule has 1 aromatic rings. The second kappa shape index (κ2) is 4.65. The molecule has 0 radical (unpaired) electrons. The number of phenols is 3. The molecule has 13 heavy (non-hydrogen) atoms. The third-order valence-electron chi connectivity index (χ3n) is 0.887. The Kier molecular flexibility index (Phi) is 3.87. The maximum Gasteiger partial charge on any atom is 0.291 e. The largest absolute Gasteiger partial charge is 0.508 e. The topological polar surface area (TPSA) is 124 Å². The van der Waals surface area contributed by atoms with Crippen molar-refractivity contribution in [2.75, 3.05) is 0 Å². The molecule has 0 bridgehead atoms. The molecular weight excluding hydrogens is 182 g/mol. The minimum atomic E-state index is -1.50. The average molecular weight is 189 g/mol. The number of rotatable bonds is 0. The van der Waals surface area contributed by atoms with Gasteiger partial charge >= 0.3 is 0 Å². The van der Waals surface area contributed by atoms with Gasteiger partial charge in [0.25, 0.3) is 5.09 Å². The molecule has 7 nitrogen and oxygen atoms in total. The molecule has 1 aromatic carbocycles. The molecule has 1 rings (SSSR count). The summed E-state index contributed by atoms with van der Waals surface area (Å²) in [6, 6.07) is 3.42. The standard InChI is InChI=1S/C6H6O3.HNO3/c7-4-1-5(8)3-6(9)2-4;2-1(3)4/h1-3,7-9H;(H,2,3,4). The van der Waals surface area contributed by atoms with Gasteiger partial charge in [0.1, 0.15) is 17.2 Å². The van der Waals surface area contributed by atoms with Crippen LogP contribution in [0.15, 0.2) is 18.2 Å². The summed E-state index contributed by atoms with van der Waals surface area (Å²) in [5, 5.41) is 39.7. The molecule has 0 unspecified atom stereocenters. The smallest absolute Gasteiger partial charge is 0.291 e. The molecule has 7 heteroatoms. The maximum absolute atomic E-state index is 8.67. The fraction of sp³-hybridized carbons (Fsp3) is 0. The first-order chi connectivity index (χ1) is 5.91. The summed E-state index contributed by atoms with van der Waals surface area (Å²) >= 11 is 0. The van der Waals surface area contributed by atoms with Gasteiger partial charge in [-0.2, -0.15) is 0 Å². The van der Waals surface area contributed by atoms with E-state index in [9.17, 15) is 0 Å². The van der Waals surface area contributed by atoms with E-state index in [1.807, 2.05) is 0 Å². The lowest BCUT2D eigenvalue weighted by atomic mass is 10.3. The fourth-order valence-electron chi connectivity index (χ4n) is 0.580. The van der Waals surface area contributed by atoms with Gasteiger partial charge in [-0.1, -0.05) is 0 Å². The molecule has 4 N–H and O–H groups in total. The van der Waals surface area contributed by atoms with Crippen molar-refractivity contribution in [2.24, 2.45) is 0 Å². The molecule has 0 amide bonds. The SMILES string of the molecule is O=[N+]([O-])O.Oc1cc(O)cc(O)c1. The minimum Gasteiger partial charge on any atom is -0.508 e. The summed E-state index contributed by atoms with van der Waals surface area (Å²) < 4.78 is 0. The van der Waals surface area contributed by atoms with Gasteiger partial charge in [-0.25, -0.2) is 0 Å². The monoisotopic (exact) mass is 189 g/mol. The van der Waals surface area contributed by atoms with E-state index in [1.54, 1.807) is 0 Å². The van der Waals surface area contributed by atoms with Crippen LogP contribution in [0.2, 0.25) is 0 Å². The highest BCUT2D eigenvalue weighted by molar-refractivity contribution is 5.39. The second-order valence-electron chi connectivity index (χ2n) is 1.95. The third-order valence-corrected chi connectivity index (χ3v) is 0.887. The van der Waals surface area contributed by atoms with Gasteiger partial charge in [0.15, 0.2) is 0 Å². The molecule has 0 aromatic heterocycles. The third kappa shape index (κ3) is 6.23. The van der Waals surface area contributed by atoms with Crippen molar-refractivity contribution in [1.82, 2.24) is 0 Å². The first-order valence-corrected chi connectivity index (χ1v) is 2.97. The van der Waals surface area contributed by atoms with Crippen molar-refractivity contribution < 1.29 is 25.6 Å². The Balaban J connectivity index is 0.000000310. The Hall–Kier alpha value is -2.18. The second-order valence-corrected chi connectivity index (χ2v) is 1.95. The van der Waals surface area contributed by atoms with E-state index in [0.717, 1.165) is 18.2 Å². The first-order valence-electron chi connectivity index (χ1n) is 2.97. The van der Waals surface area contributed by atoms with Gasteiger partial charge in [-0.05, 0) is 0 Å². The molecule has 72 valence electrons. The Morgan fingerprint density at radius 2 is 1.15 bits per heavy atom. The predicted octanol–water partition coefficient (Wildman–Crippen LogP) is 0.456. The molecule has 0 atom stereocenters. The minimum absolute atomic E-state index is 0.146. The van der Waals surface area contributed by atoms with Crippen LogP contribution in [0.5, 0.6) is 17.2 Å². The lowest BCUT2D eigenvalue weighted by Crippen LogP contribution is -1.81. The van der Waals surface area contributed by atoms with Crippen LogP contribution in [0.3, 0.4) is 0 Å². The molecule has 0 saturated carbocycles. The highest BCUT2D eigenvalue weighted by atomic mass is 16.9. The zero-order valence-electron chi connectivity index (χ0n) is 6.28. The van der Waals surface area contributed by atoms with Gasteiger partial charge in [0, 0.05) is 18.2 Å². The van der Waals surface area contributed by atoms with Crippen LogP contribution < -0.4 is 0 Å². The molecule has 0 aliphatic rings. The van der Waals surface area contributed by atoms with Crippen molar-refractivity contribution in [1.29, 1.82) is 0 Å². The summed E-state index contributed by atoms with van der Waals surface area (Å²) in [6.45, 7) is 0. The summed E-state index contributed by atoms with van der Waals surface area (Å²) in [5.41, 5.74) is 0. The van der Waals surface area contributed by atoms with Gasteiger partial charge in [-0.3, -0.25) is 0 Å². The van der Waals surface area contributed by atoms with Crippen molar-refractivity contribution >= 4 is 0 Å². The number of nitrogens with zero attached hydrogens (tertiary/aromatic N) is 1. The van der Waals surface area contributed by atoms with Gasteiger partial charge in [-0.15, -0.1) is 10.1 Å². The van der Waals surface area contributed by atoms with Crippen molar-refractivity contribution in [3.8, 4) is 17.2 Å². The van der Waals surface area contributed by atoms with Crippen LogP contribution in [0.25, 0.3) is 0 Å². The number of hydrogen-bond acceptors (Lipinski definition) is 5. The van der Waals surface area contributed by atoms with Crippen molar-refractivity contribution in [3.05, 3.63) is 28.3 Å². The van der Waals surface area contributed by atoms with Crippen LogP contribution >= 0.6 is 0 Å². The quantitative estimate of drug-likeness (QED) is 0.347. The zero-order chi connectivity index (χ0) is 10.4. The van der Waals surface area contributed by atoms with E-state index in [-0.39, 0.29) is 17.2 Å². The van der Waals surface area contributed by atoms with Crippen LogP contribution in [0.4, 0.5) is 0 Å². The number of phenolic OH excluding ortho intramolecular Hbond substituents is 3. The first kappa shape index (κ1) is 10.8. The molecule has 0 spiro atoms. The number of benzene rings is 1. The Morgan fingerprint density at radius 3 is 1.31 bits per heavy atom. The van der Waals surface area contributed by atoms with Gasteiger partial charge in [0.05, 0.1) is 0 Å². The van der Waals surface area contributed by atoms with Crippen LogP contribution in [-0.2, 0) is 0 Å². The molecule has 0 heterocycles. The molecule has 0 saturated heterocycles. The normalized spacial score (nSPS) is 8.31. The molecule has 0 aliphatic carbocycles. The van der Waals surface area contributed by atoms with Crippen LogP contribution in [-0.4, -0.2) is 25.6 Å². The van der Waals surface area contributed by atoms with E-state index >= 15 is 0 Å². The predicted molar refractivity (Wildman–Crippen MR) is 40.2 cm³/mol. The molecular formula is C6H7NO6. The fourth-order valence-corrected chi connectivity index (χ4v) is 0.580. The highest BCUT2D eigenvalue weighted by Gasteiger charge is 1.94. The summed E-state index contributed by atoms with van der Waals surface area (Å²) in [4.78, 5) is 8.36. The Bertz CT molecular complexity index is 245. The van der Waals surface area contributed by atoms with E-state index < -0.39 is 5.09 Å². The van der Waals surface area contributed by atoms with Crippen LogP contribution in [0.1, 0.15) is 0 Å². The van der Waals surface area contributed by atoms with E-state index in [0.29, 0.717) is 0 Å². The van der Waals surface area contributed by atoms with Gasteiger partial charge < -0.3 is 20.5 Å². The van der Waals surface area contributed by atoms with Crippen LogP contribution in [0, 0.1) is 10.1 Å². The number of aromatic hydroxyl groups is 3. The molecule has 0 fully saturated rings. The number of hydrogen-bond donors (Lipinski definition) is 4. The van der Waals surface area contributed by atoms with Gasteiger partial charge in [0.2, 0.25) is 0 Å². The summed E-state index contributed by atoms with van der Waals surface area (Å²) in [5.74, 6) is -0.437. The highest BCUT2D eigenvalue weighted by Crippen LogP contribution is 2.23. The summed E-state index contributed by atoms with van der Waals surface area (Å²) in [7, 11) is 0. The van der Waals surface area contributed by atoms with E-state index in [1.165, 1.54) is 0 Å². The summed E-state index contributed by atoms with van der Waals surface area (Å²) in [6.07, 6.45) is 0. The molecule has 0 aliphatic heterocycles. The average Bonchev–Trinajstić information content (AvgIpc) is 1.80. The maximum atomic E-state index is 8.67. The van der Waals surface area contributed by atoms with E-state index in [4.69, 9.17) is 30.6 Å². The Morgan fingerprint density at radius 1 is 1.00 bits per heavy atom. The Labute approximate surface area is 72.2 Å². The zero-order valence-corrected chi connectivity index (χ0v) is 6.28.